The summed E-state index contributed by atoms with van der Waals surface area (Å²) < 4.78 is 5.16. The standard InChI is InChI=1S/C28H34Cl2N6O3S2/c1-4-39-27(38)18-5-7-35(8-6-18)24-21(30)13-19(15-31-24)25(37)33-28-32-23(22-14-20(29)16-40-22)26(41-28)36-11-9-34(10-12-36)17(2)3/h13-18H,4-12H2,1-3H3,(H,32,33,37). The fourth-order valence-corrected chi connectivity index (χ4v) is 7.61. The summed E-state index contributed by atoms with van der Waals surface area (Å²) in [5.74, 6) is 0.0335. The first-order chi connectivity index (χ1) is 19.7. The van der Waals surface area contributed by atoms with Crippen LogP contribution in [0.15, 0.2) is 23.7 Å². The van der Waals surface area contributed by atoms with E-state index in [4.69, 9.17) is 32.9 Å². The van der Waals surface area contributed by atoms with Crippen LogP contribution in [0.4, 0.5) is 16.0 Å². The van der Waals surface area contributed by atoms with E-state index in [0.29, 0.717) is 65.1 Å². The summed E-state index contributed by atoms with van der Waals surface area (Å²) in [6, 6.07) is 4.06. The van der Waals surface area contributed by atoms with Crippen LogP contribution in [0, 0.1) is 5.92 Å². The minimum Gasteiger partial charge on any atom is -0.466 e. The second-order valence-electron chi connectivity index (χ2n) is 10.4. The summed E-state index contributed by atoms with van der Waals surface area (Å²) in [4.78, 5) is 42.5. The molecule has 2 aliphatic rings. The van der Waals surface area contributed by atoms with Gasteiger partial charge in [0, 0.05) is 56.9 Å². The van der Waals surface area contributed by atoms with Gasteiger partial charge in [-0.25, -0.2) is 9.97 Å². The summed E-state index contributed by atoms with van der Waals surface area (Å²) in [5.41, 5.74) is 1.18. The van der Waals surface area contributed by atoms with Crippen molar-refractivity contribution in [3.8, 4) is 10.6 Å². The molecule has 5 rings (SSSR count). The van der Waals surface area contributed by atoms with Crippen LogP contribution < -0.4 is 15.1 Å². The maximum Gasteiger partial charge on any atom is 0.309 e. The molecule has 0 unspecified atom stereocenters. The Labute approximate surface area is 258 Å². The topological polar surface area (TPSA) is 90.9 Å². The van der Waals surface area contributed by atoms with Crippen molar-refractivity contribution in [1.82, 2.24) is 14.9 Å². The van der Waals surface area contributed by atoms with Crippen LogP contribution in [-0.4, -0.2) is 78.7 Å². The monoisotopic (exact) mass is 636 g/mol. The molecule has 3 aromatic rings. The third kappa shape index (κ3) is 6.97. The van der Waals surface area contributed by atoms with Gasteiger partial charge in [0.2, 0.25) is 0 Å². The largest absolute Gasteiger partial charge is 0.466 e. The first kappa shape index (κ1) is 30.0. The number of piperazine rings is 1. The van der Waals surface area contributed by atoms with Gasteiger partial charge in [-0.15, -0.1) is 11.3 Å². The van der Waals surface area contributed by atoms with Crippen molar-refractivity contribution in [2.75, 3.05) is 61.0 Å². The van der Waals surface area contributed by atoms with E-state index in [1.165, 1.54) is 17.5 Å². The van der Waals surface area contributed by atoms with Gasteiger partial charge in [0.05, 0.1) is 33.0 Å². The van der Waals surface area contributed by atoms with Crippen LogP contribution in [0.2, 0.25) is 10.0 Å². The van der Waals surface area contributed by atoms with Gasteiger partial charge < -0.3 is 14.5 Å². The summed E-state index contributed by atoms with van der Waals surface area (Å²) in [6.45, 7) is 11.6. The number of rotatable bonds is 8. The number of ether oxygens (including phenoxy) is 1. The molecular weight excluding hydrogens is 603 g/mol. The van der Waals surface area contributed by atoms with Crippen molar-refractivity contribution >= 4 is 73.7 Å². The molecule has 0 atom stereocenters. The molecule has 0 aliphatic carbocycles. The lowest BCUT2D eigenvalue weighted by Gasteiger charge is -2.37. The number of aromatic nitrogens is 2. The fraction of sp³-hybridized carbons (Fsp3) is 0.500. The van der Waals surface area contributed by atoms with E-state index in [1.807, 2.05) is 23.3 Å². The van der Waals surface area contributed by atoms with E-state index in [-0.39, 0.29) is 17.8 Å². The highest BCUT2D eigenvalue weighted by Crippen LogP contribution is 2.42. The number of thiophene rings is 1. The first-order valence-corrected chi connectivity index (χ1v) is 16.3. The number of esters is 1. The number of piperidine rings is 1. The second-order valence-corrected chi connectivity index (χ2v) is 13.1. The number of thiazole rings is 1. The molecule has 0 aromatic carbocycles. The predicted molar refractivity (Wildman–Crippen MR) is 168 cm³/mol. The number of nitrogens with one attached hydrogen (secondary N) is 1. The maximum absolute atomic E-state index is 13.2. The number of pyridine rings is 1. The van der Waals surface area contributed by atoms with Crippen molar-refractivity contribution in [2.24, 2.45) is 5.92 Å². The fourth-order valence-electron chi connectivity index (χ4n) is 5.16. The zero-order valence-electron chi connectivity index (χ0n) is 23.4. The minimum atomic E-state index is -0.326. The SMILES string of the molecule is CCOC(=O)C1CCN(c2ncc(C(=O)Nc3nc(-c4cc(Cl)cs4)c(N4CCN(C(C)C)CC4)s3)cc2Cl)CC1. The summed E-state index contributed by atoms with van der Waals surface area (Å²) in [6.07, 6.45) is 2.89. The zero-order valence-corrected chi connectivity index (χ0v) is 26.5. The van der Waals surface area contributed by atoms with E-state index >= 15 is 0 Å². The molecule has 1 amide bonds. The molecule has 1 N–H and O–H groups in total. The highest BCUT2D eigenvalue weighted by atomic mass is 35.5. The third-order valence-electron chi connectivity index (χ3n) is 7.46. The Hall–Kier alpha value is -2.44. The molecule has 0 radical (unpaired) electrons. The Balaban J connectivity index is 1.29. The van der Waals surface area contributed by atoms with Crippen molar-refractivity contribution in [3.05, 3.63) is 39.3 Å². The molecule has 220 valence electrons. The molecule has 2 saturated heterocycles. The molecule has 0 saturated carbocycles. The number of halogens is 2. The average Bonchev–Trinajstić information content (AvgIpc) is 3.59. The lowest BCUT2D eigenvalue weighted by molar-refractivity contribution is -0.148. The molecule has 0 spiro atoms. The molecule has 41 heavy (non-hydrogen) atoms. The van der Waals surface area contributed by atoms with Crippen molar-refractivity contribution in [3.63, 3.8) is 0 Å². The number of amides is 1. The quantitative estimate of drug-likeness (QED) is 0.295. The second kappa shape index (κ2) is 13.2. The summed E-state index contributed by atoms with van der Waals surface area (Å²) >= 11 is 15.8. The van der Waals surface area contributed by atoms with Gasteiger partial charge >= 0.3 is 5.97 Å². The average molecular weight is 638 g/mol. The maximum atomic E-state index is 13.2. The summed E-state index contributed by atoms with van der Waals surface area (Å²) in [7, 11) is 0. The first-order valence-electron chi connectivity index (χ1n) is 13.9. The van der Waals surface area contributed by atoms with Gasteiger partial charge in [-0.2, -0.15) is 0 Å². The normalized spacial score (nSPS) is 16.8. The van der Waals surface area contributed by atoms with E-state index in [0.717, 1.165) is 41.8 Å². The Morgan fingerprint density at radius 2 is 1.83 bits per heavy atom. The molecule has 2 aliphatic heterocycles. The third-order valence-corrected chi connectivity index (χ3v) is 10.1. The van der Waals surface area contributed by atoms with Crippen molar-refractivity contribution in [1.29, 1.82) is 0 Å². The van der Waals surface area contributed by atoms with E-state index in [1.54, 1.807) is 17.4 Å². The number of carbonyl (C=O) groups excluding carboxylic acids is 2. The number of hydrogen-bond acceptors (Lipinski definition) is 10. The molecule has 13 heteroatoms. The van der Waals surface area contributed by atoms with E-state index in [9.17, 15) is 9.59 Å². The minimum absolute atomic E-state index is 0.104. The van der Waals surface area contributed by atoms with E-state index in [2.05, 4.69) is 33.9 Å². The number of nitrogens with zero attached hydrogens (tertiary/aromatic N) is 5. The highest BCUT2D eigenvalue weighted by molar-refractivity contribution is 7.21. The van der Waals surface area contributed by atoms with E-state index < -0.39 is 0 Å². The number of hydrogen-bond donors (Lipinski definition) is 1. The Kier molecular flexibility index (Phi) is 9.70. The van der Waals surface area contributed by atoms with Crippen LogP contribution in [0.3, 0.4) is 0 Å². The van der Waals surface area contributed by atoms with Crippen LogP contribution in [0.25, 0.3) is 10.6 Å². The van der Waals surface area contributed by atoms with Crippen LogP contribution in [0.5, 0.6) is 0 Å². The molecule has 9 nitrogen and oxygen atoms in total. The number of anilines is 3. The molecule has 3 aromatic heterocycles. The van der Waals surface area contributed by atoms with Gasteiger partial charge in [0.25, 0.3) is 5.91 Å². The Morgan fingerprint density at radius 1 is 1.10 bits per heavy atom. The molecule has 5 heterocycles. The van der Waals surface area contributed by atoms with Gasteiger partial charge in [-0.3, -0.25) is 19.8 Å². The smallest absolute Gasteiger partial charge is 0.309 e. The number of carbonyl (C=O) groups is 2. The van der Waals surface area contributed by atoms with Gasteiger partial charge in [0.1, 0.15) is 16.5 Å². The lowest BCUT2D eigenvalue weighted by atomic mass is 9.97. The molecule has 0 bridgehead atoms. The van der Waals surface area contributed by atoms with Crippen LogP contribution in [0.1, 0.15) is 44.0 Å². The predicted octanol–water partition coefficient (Wildman–Crippen LogP) is 6.14. The lowest BCUT2D eigenvalue weighted by Crippen LogP contribution is -2.48. The highest BCUT2D eigenvalue weighted by Gasteiger charge is 2.29. The van der Waals surface area contributed by atoms with Gasteiger partial charge in [0.15, 0.2) is 5.13 Å². The van der Waals surface area contributed by atoms with Crippen molar-refractivity contribution < 1.29 is 14.3 Å². The van der Waals surface area contributed by atoms with Crippen LogP contribution in [-0.2, 0) is 9.53 Å². The Morgan fingerprint density at radius 3 is 2.44 bits per heavy atom. The van der Waals surface area contributed by atoms with Crippen molar-refractivity contribution in [2.45, 2.75) is 39.7 Å². The van der Waals surface area contributed by atoms with Gasteiger partial charge in [-0.1, -0.05) is 34.5 Å². The van der Waals surface area contributed by atoms with Crippen LogP contribution >= 0.6 is 45.9 Å². The van der Waals surface area contributed by atoms with Gasteiger partial charge in [-0.05, 0) is 45.7 Å². The Bertz CT molecular complexity index is 1380. The zero-order chi connectivity index (χ0) is 29.1. The molecular formula is C28H34Cl2N6O3S2. The summed E-state index contributed by atoms with van der Waals surface area (Å²) in [5, 5.41) is 7.45. The molecule has 2 fully saturated rings.